The SMILES string of the molecule is CC(C)(C)n1nc(C2CC(F)C(OC(=O)NC34CC(C3)C4)C2)cc1Nc1ncc(Br)c2nccn12. The number of fused-ring (bicyclic) bond motifs is 1. The molecule has 4 aliphatic rings. The molecule has 186 valence electrons. The van der Waals surface area contributed by atoms with Crippen molar-refractivity contribution in [3.05, 3.63) is 34.8 Å². The van der Waals surface area contributed by atoms with Crippen LogP contribution in [0.2, 0.25) is 0 Å². The highest BCUT2D eigenvalue weighted by molar-refractivity contribution is 9.10. The molecule has 3 heterocycles. The number of carbonyl (C=O) groups is 1. The number of carbonyl (C=O) groups excluding carboxylic acids is 1. The van der Waals surface area contributed by atoms with E-state index >= 15 is 0 Å². The fraction of sp³-hybridized carbons (Fsp3) is 0.583. The quantitative estimate of drug-likeness (QED) is 0.465. The van der Waals surface area contributed by atoms with Crippen molar-refractivity contribution in [2.75, 3.05) is 5.32 Å². The van der Waals surface area contributed by atoms with Crippen molar-refractivity contribution in [3.63, 3.8) is 0 Å². The number of hydrogen-bond acceptors (Lipinski definition) is 6. The van der Waals surface area contributed by atoms with Crippen LogP contribution in [0.15, 0.2) is 29.1 Å². The summed E-state index contributed by atoms with van der Waals surface area (Å²) < 4.78 is 25.0. The number of ether oxygens (including phenoxy) is 1. The standard InChI is InChI=1S/C24H29BrFN7O2/c1-23(2,3)33-19(29-21-28-12-15(25)20-27-4-5-32(20)21)8-17(31-33)14-6-16(26)18(7-14)35-22(34)30-24-9-13(10-24)11-24/h4-5,8,12-14,16,18H,6-7,9-11H2,1-3H3,(H,28,29)(H,30,34). The molecule has 4 fully saturated rings. The number of halogens is 2. The van der Waals surface area contributed by atoms with Gasteiger partial charge in [0.25, 0.3) is 0 Å². The van der Waals surface area contributed by atoms with Gasteiger partial charge in [0.15, 0.2) is 5.65 Å². The van der Waals surface area contributed by atoms with E-state index in [1.54, 1.807) is 12.4 Å². The molecule has 35 heavy (non-hydrogen) atoms. The third-order valence-corrected chi connectivity index (χ3v) is 8.06. The van der Waals surface area contributed by atoms with Crippen LogP contribution < -0.4 is 10.6 Å². The number of anilines is 2. The highest BCUT2D eigenvalue weighted by Crippen LogP contribution is 2.57. The molecule has 0 aliphatic heterocycles. The summed E-state index contributed by atoms with van der Waals surface area (Å²) in [6.07, 6.45) is 6.52. The summed E-state index contributed by atoms with van der Waals surface area (Å²) in [6.45, 7) is 6.18. The molecule has 0 radical (unpaired) electrons. The van der Waals surface area contributed by atoms with Gasteiger partial charge in [0.2, 0.25) is 5.95 Å². The molecular weight excluding hydrogens is 517 g/mol. The molecule has 0 saturated heterocycles. The van der Waals surface area contributed by atoms with Crippen LogP contribution >= 0.6 is 15.9 Å². The Hall–Kier alpha value is -2.69. The predicted molar refractivity (Wildman–Crippen MR) is 132 cm³/mol. The van der Waals surface area contributed by atoms with E-state index in [-0.39, 0.29) is 23.4 Å². The van der Waals surface area contributed by atoms with Crippen LogP contribution in [0, 0.1) is 5.92 Å². The Kier molecular flexibility index (Phi) is 5.14. The molecule has 3 atom stereocenters. The third-order valence-electron chi connectivity index (χ3n) is 7.50. The minimum absolute atomic E-state index is 0.0840. The second kappa shape index (κ2) is 7.91. The first-order valence-corrected chi connectivity index (χ1v) is 12.9. The number of rotatable bonds is 5. The lowest BCUT2D eigenvalue weighted by Gasteiger charge is -2.61. The first kappa shape index (κ1) is 22.8. The molecule has 3 aromatic heterocycles. The molecule has 2 bridgehead atoms. The second-order valence-electron chi connectivity index (χ2n) is 11.2. The van der Waals surface area contributed by atoms with E-state index in [1.807, 2.05) is 21.3 Å². The minimum Gasteiger partial charge on any atom is -0.443 e. The van der Waals surface area contributed by atoms with Gasteiger partial charge in [0.05, 0.1) is 15.7 Å². The molecule has 9 nitrogen and oxygen atoms in total. The van der Waals surface area contributed by atoms with Gasteiger partial charge in [0, 0.05) is 36.1 Å². The molecule has 1 amide bonds. The number of amides is 1. The van der Waals surface area contributed by atoms with Gasteiger partial charge in [0.1, 0.15) is 18.1 Å². The molecule has 2 N–H and O–H groups in total. The van der Waals surface area contributed by atoms with Crippen molar-refractivity contribution >= 4 is 39.4 Å². The summed E-state index contributed by atoms with van der Waals surface area (Å²) in [5.74, 6) is 1.95. The topological polar surface area (TPSA) is 98.4 Å². The zero-order chi connectivity index (χ0) is 24.5. The fourth-order valence-electron chi connectivity index (χ4n) is 5.62. The molecule has 11 heteroatoms. The summed E-state index contributed by atoms with van der Waals surface area (Å²) in [7, 11) is 0. The maximum absolute atomic E-state index is 14.9. The molecule has 4 saturated carbocycles. The van der Waals surface area contributed by atoms with Crippen molar-refractivity contribution < 1.29 is 13.9 Å². The number of imidazole rings is 1. The fourth-order valence-corrected chi connectivity index (χ4v) is 6.02. The van der Waals surface area contributed by atoms with Gasteiger partial charge in [-0.15, -0.1) is 0 Å². The molecular formula is C24H29BrFN7O2. The number of alkyl halides is 1. The smallest absolute Gasteiger partial charge is 0.407 e. The molecule has 4 aliphatic carbocycles. The van der Waals surface area contributed by atoms with Gasteiger partial charge >= 0.3 is 6.09 Å². The van der Waals surface area contributed by atoms with E-state index in [4.69, 9.17) is 9.84 Å². The number of nitrogens with zero attached hydrogens (tertiary/aromatic N) is 5. The van der Waals surface area contributed by atoms with Crippen LogP contribution in [0.4, 0.5) is 21.0 Å². The van der Waals surface area contributed by atoms with E-state index in [0.29, 0.717) is 12.4 Å². The van der Waals surface area contributed by atoms with Crippen molar-refractivity contribution in [2.45, 2.75) is 82.1 Å². The van der Waals surface area contributed by atoms with E-state index in [9.17, 15) is 9.18 Å². The number of nitrogens with one attached hydrogen (secondary N) is 2. The Morgan fingerprint density at radius 3 is 2.71 bits per heavy atom. The Labute approximate surface area is 211 Å². The maximum atomic E-state index is 14.9. The van der Waals surface area contributed by atoms with Gasteiger partial charge < -0.3 is 15.4 Å². The molecule has 0 aromatic carbocycles. The van der Waals surface area contributed by atoms with Crippen LogP contribution in [-0.4, -0.2) is 48.1 Å². The van der Waals surface area contributed by atoms with Gasteiger partial charge in [-0.1, -0.05) is 0 Å². The summed E-state index contributed by atoms with van der Waals surface area (Å²) in [4.78, 5) is 21.2. The Bertz CT molecular complexity index is 1280. The predicted octanol–water partition coefficient (Wildman–Crippen LogP) is 5.05. The monoisotopic (exact) mass is 545 g/mol. The molecule has 0 spiro atoms. The van der Waals surface area contributed by atoms with Crippen LogP contribution in [0.25, 0.3) is 5.65 Å². The van der Waals surface area contributed by atoms with Crippen LogP contribution in [0.1, 0.15) is 64.5 Å². The highest BCUT2D eigenvalue weighted by atomic mass is 79.9. The van der Waals surface area contributed by atoms with Gasteiger partial charge in [-0.25, -0.2) is 23.8 Å². The Morgan fingerprint density at radius 2 is 2.03 bits per heavy atom. The Morgan fingerprint density at radius 1 is 1.26 bits per heavy atom. The van der Waals surface area contributed by atoms with E-state index in [2.05, 4.69) is 57.3 Å². The maximum Gasteiger partial charge on any atom is 0.407 e. The highest BCUT2D eigenvalue weighted by Gasteiger charge is 2.58. The van der Waals surface area contributed by atoms with Crippen molar-refractivity contribution in [3.8, 4) is 0 Å². The lowest BCUT2D eigenvalue weighted by molar-refractivity contribution is -0.0530. The number of alkyl carbamates (subject to hydrolysis) is 1. The van der Waals surface area contributed by atoms with E-state index < -0.39 is 18.4 Å². The van der Waals surface area contributed by atoms with Crippen LogP contribution in [0.5, 0.6) is 0 Å². The average Bonchev–Trinajstić information content (AvgIpc) is 3.45. The molecule has 3 aromatic rings. The largest absolute Gasteiger partial charge is 0.443 e. The van der Waals surface area contributed by atoms with Crippen molar-refractivity contribution in [1.29, 1.82) is 0 Å². The minimum atomic E-state index is -1.21. The van der Waals surface area contributed by atoms with Gasteiger partial charge in [-0.2, -0.15) is 5.10 Å². The summed E-state index contributed by atoms with van der Waals surface area (Å²) in [5.41, 5.74) is 1.11. The van der Waals surface area contributed by atoms with Crippen molar-refractivity contribution in [2.24, 2.45) is 5.92 Å². The summed E-state index contributed by atoms with van der Waals surface area (Å²) >= 11 is 3.48. The summed E-state index contributed by atoms with van der Waals surface area (Å²) in [6, 6.07) is 1.94. The molecule has 7 rings (SSSR count). The van der Waals surface area contributed by atoms with Crippen molar-refractivity contribution in [1.82, 2.24) is 29.5 Å². The number of aromatic nitrogens is 5. The van der Waals surface area contributed by atoms with Crippen LogP contribution in [-0.2, 0) is 10.3 Å². The van der Waals surface area contributed by atoms with Crippen LogP contribution in [0.3, 0.4) is 0 Å². The normalized spacial score (nSPS) is 29.5. The van der Waals surface area contributed by atoms with E-state index in [0.717, 1.165) is 46.8 Å². The second-order valence-corrected chi connectivity index (χ2v) is 12.1. The zero-order valence-electron chi connectivity index (χ0n) is 20.0. The van der Waals surface area contributed by atoms with Gasteiger partial charge in [-0.3, -0.25) is 4.40 Å². The Balaban J connectivity index is 1.21. The first-order chi connectivity index (χ1) is 16.6. The first-order valence-electron chi connectivity index (χ1n) is 12.1. The lowest BCUT2D eigenvalue weighted by Crippen LogP contribution is -2.68. The summed E-state index contributed by atoms with van der Waals surface area (Å²) in [5, 5.41) is 11.2. The lowest BCUT2D eigenvalue weighted by atomic mass is 9.50. The zero-order valence-corrected chi connectivity index (χ0v) is 21.5. The van der Waals surface area contributed by atoms with Gasteiger partial charge in [-0.05, 0) is 74.7 Å². The number of hydrogen-bond donors (Lipinski definition) is 2. The van der Waals surface area contributed by atoms with E-state index in [1.165, 1.54) is 0 Å². The molecule has 3 unspecified atom stereocenters. The third kappa shape index (κ3) is 3.97. The average molecular weight is 546 g/mol.